The van der Waals surface area contributed by atoms with Crippen LogP contribution in [0, 0.1) is 0 Å². The number of Topliss-reactive ketones (excluding diaryl/α,β-unsaturated/α-hetero) is 1. The minimum absolute atomic E-state index is 0.0251. The molecule has 0 amide bonds. The number of nitrogens with one attached hydrogen (secondary N) is 1. The first-order valence-corrected chi connectivity index (χ1v) is 9.50. The van der Waals surface area contributed by atoms with Crippen LogP contribution in [-0.4, -0.2) is 25.8 Å². The van der Waals surface area contributed by atoms with Crippen molar-refractivity contribution >= 4 is 5.78 Å². The average molecular weight is 397 g/mol. The van der Waals surface area contributed by atoms with Gasteiger partial charge in [-0.1, -0.05) is 60.7 Å². The number of aromatic hydroxyl groups is 1. The second-order valence-electron chi connectivity index (χ2n) is 6.91. The highest BCUT2D eigenvalue weighted by atomic mass is 16.3. The summed E-state index contributed by atoms with van der Waals surface area (Å²) in [7, 11) is 0. The fraction of sp³-hybridized carbons (Fsp3) is 0.0833. The number of hydrogen-bond acceptors (Lipinski definition) is 5. The Kier molecular flexibility index (Phi) is 5.48. The number of hydrogen-bond donors (Lipinski definition) is 2. The molecule has 30 heavy (non-hydrogen) atoms. The molecule has 2 N–H and O–H groups in total. The van der Waals surface area contributed by atoms with Gasteiger partial charge >= 0.3 is 0 Å². The summed E-state index contributed by atoms with van der Waals surface area (Å²) in [5.41, 5.74) is 2.50. The first-order chi connectivity index (χ1) is 14.6. The normalized spacial score (nSPS) is 10.7. The lowest BCUT2D eigenvalue weighted by atomic mass is 10.0. The van der Waals surface area contributed by atoms with Gasteiger partial charge in [0.2, 0.25) is 5.75 Å². The Morgan fingerprint density at radius 1 is 0.867 bits per heavy atom. The molecule has 0 radical (unpaired) electrons. The van der Waals surface area contributed by atoms with Crippen molar-refractivity contribution in [2.24, 2.45) is 0 Å². The molecule has 6 heteroatoms. The number of ketones is 1. The van der Waals surface area contributed by atoms with Crippen molar-refractivity contribution in [2.75, 3.05) is 0 Å². The molecule has 4 aromatic rings. The first-order valence-electron chi connectivity index (χ1n) is 9.50. The molecular weight excluding hydrogens is 378 g/mol. The van der Waals surface area contributed by atoms with Gasteiger partial charge in [-0.3, -0.25) is 14.6 Å². The van der Waals surface area contributed by atoms with Gasteiger partial charge in [0.05, 0.1) is 0 Å². The Bertz CT molecular complexity index is 1220. The highest BCUT2D eigenvalue weighted by Crippen LogP contribution is 2.18. The zero-order valence-corrected chi connectivity index (χ0v) is 16.1. The molecule has 2 heterocycles. The van der Waals surface area contributed by atoms with E-state index in [4.69, 9.17) is 0 Å². The maximum Gasteiger partial charge on any atom is 0.294 e. The fourth-order valence-electron chi connectivity index (χ4n) is 3.16. The molecule has 0 aliphatic carbocycles. The van der Waals surface area contributed by atoms with Crippen LogP contribution in [0.2, 0.25) is 0 Å². The number of aromatic nitrogens is 3. The van der Waals surface area contributed by atoms with Crippen molar-refractivity contribution in [1.82, 2.24) is 15.0 Å². The van der Waals surface area contributed by atoms with Crippen molar-refractivity contribution < 1.29 is 9.90 Å². The number of carbonyl (C=O) groups excluding carboxylic acids is 1. The summed E-state index contributed by atoms with van der Waals surface area (Å²) in [5, 5.41) is 10.1. The van der Waals surface area contributed by atoms with Crippen LogP contribution in [0.4, 0.5) is 0 Å². The molecule has 6 nitrogen and oxygen atoms in total. The second-order valence-corrected chi connectivity index (χ2v) is 6.91. The first kappa shape index (κ1) is 19.3. The van der Waals surface area contributed by atoms with E-state index in [1.165, 1.54) is 5.56 Å². The van der Waals surface area contributed by atoms with E-state index in [0.29, 0.717) is 5.69 Å². The van der Waals surface area contributed by atoms with E-state index in [0.717, 1.165) is 17.5 Å². The minimum atomic E-state index is -0.771. The average Bonchev–Trinajstić information content (AvgIpc) is 2.78. The smallest absolute Gasteiger partial charge is 0.294 e. The largest absolute Gasteiger partial charge is 0.501 e. The molecule has 2 aromatic heterocycles. The van der Waals surface area contributed by atoms with E-state index in [1.54, 1.807) is 24.4 Å². The van der Waals surface area contributed by atoms with E-state index in [1.807, 2.05) is 42.5 Å². The quantitative estimate of drug-likeness (QED) is 0.485. The maximum absolute atomic E-state index is 12.8. The van der Waals surface area contributed by atoms with Crippen molar-refractivity contribution in [2.45, 2.75) is 12.8 Å². The van der Waals surface area contributed by atoms with Crippen LogP contribution in [0.25, 0.3) is 11.5 Å². The summed E-state index contributed by atoms with van der Waals surface area (Å²) in [4.78, 5) is 35.6. The molecule has 0 saturated heterocycles. The molecule has 0 spiro atoms. The van der Waals surface area contributed by atoms with E-state index in [9.17, 15) is 14.7 Å². The van der Waals surface area contributed by atoms with Crippen molar-refractivity contribution in [3.63, 3.8) is 0 Å². The number of rotatable bonds is 6. The summed E-state index contributed by atoms with van der Waals surface area (Å²) in [5.74, 6) is -0.980. The Morgan fingerprint density at radius 2 is 1.53 bits per heavy atom. The minimum Gasteiger partial charge on any atom is -0.501 e. The predicted octanol–water partition coefficient (Wildman–Crippen LogP) is 3.55. The maximum atomic E-state index is 12.8. The van der Waals surface area contributed by atoms with Crippen LogP contribution in [0.3, 0.4) is 0 Å². The molecule has 0 fully saturated rings. The van der Waals surface area contributed by atoms with Crippen LogP contribution in [0.5, 0.6) is 5.75 Å². The van der Waals surface area contributed by atoms with Gasteiger partial charge < -0.3 is 10.1 Å². The third kappa shape index (κ3) is 4.33. The van der Waals surface area contributed by atoms with E-state index < -0.39 is 17.1 Å². The summed E-state index contributed by atoms with van der Waals surface area (Å²) < 4.78 is 0. The second kappa shape index (κ2) is 8.53. The van der Waals surface area contributed by atoms with Crippen molar-refractivity contribution in [3.8, 4) is 17.3 Å². The third-order valence-corrected chi connectivity index (χ3v) is 4.71. The number of aromatic amines is 1. The lowest BCUT2D eigenvalue weighted by molar-refractivity contribution is 0.0985. The monoisotopic (exact) mass is 397 g/mol. The van der Waals surface area contributed by atoms with E-state index in [2.05, 4.69) is 27.1 Å². The topological polar surface area (TPSA) is 95.9 Å². The zero-order chi connectivity index (χ0) is 20.9. The van der Waals surface area contributed by atoms with E-state index >= 15 is 0 Å². The van der Waals surface area contributed by atoms with Crippen LogP contribution in [0.1, 0.15) is 27.2 Å². The SMILES string of the molecule is O=C(Cc1ccc(Cc2ccccc2)cc1)c1nc(-c2ccccn2)[nH]c(=O)c1O. The third-order valence-electron chi connectivity index (χ3n) is 4.71. The molecule has 0 atom stereocenters. The van der Waals surface area contributed by atoms with Crippen LogP contribution >= 0.6 is 0 Å². The molecule has 0 aliphatic heterocycles. The molecule has 0 unspecified atom stereocenters. The summed E-state index contributed by atoms with van der Waals surface area (Å²) in [6.45, 7) is 0. The fourth-order valence-corrected chi connectivity index (χ4v) is 3.16. The number of pyridine rings is 1. The Balaban J connectivity index is 1.54. The standard InChI is InChI=1S/C24H19N3O3/c28-20(15-18-11-9-17(10-12-18)14-16-6-2-1-3-7-16)21-22(29)24(30)27-23(26-21)19-8-4-5-13-25-19/h1-13,29H,14-15H2,(H,26,27,30). The van der Waals surface area contributed by atoms with Crippen LogP contribution in [0.15, 0.2) is 83.8 Å². The molecule has 0 saturated carbocycles. The lowest BCUT2D eigenvalue weighted by Gasteiger charge is -2.07. The van der Waals surface area contributed by atoms with Gasteiger partial charge in [0, 0.05) is 12.6 Å². The molecule has 148 valence electrons. The summed E-state index contributed by atoms with van der Waals surface area (Å²) in [6, 6.07) is 23.0. The Labute approximate surface area is 172 Å². The zero-order valence-electron chi connectivity index (χ0n) is 16.1. The highest BCUT2D eigenvalue weighted by Gasteiger charge is 2.19. The molecule has 0 aliphatic rings. The van der Waals surface area contributed by atoms with Gasteiger partial charge in [-0.2, -0.15) is 0 Å². The van der Waals surface area contributed by atoms with Crippen molar-refractivity contribution in [1.29, 1.82) is 0 Å². The van der Waals surface area contributed by atoms with Gasteiger partial charge in [0.1, 0.15) is 5.69 Å². The lowest BCUT2D eigenvalue weighted by Crippen LogP contribution is -2.17. The van der Waals surface area contributed by atoms with Gasteiger partial charge in [0.15, 0.2) is 17.3 Å². The van der Waals surface area contributed by atoms with Crippen LogP contribution in [-0.2, 0) is 12.8 Å². The molecule has 4 rings (SSSR count). The highest BCUT2D eigenvalue weighted by molar-refractivity contribution is 5.98. The molecule has 2 aromatic carbocycles. The molecular formula is C24H19N3O3. The van der Waals surface area contributed by atoms with Gasteiger partial charge in [0.25, 0.3) is 5.56 Å². The van der Waals surface area contributed by atoms with Gasteiger partial charge in [-0.15, -0.1) is 0 Å². The van der Waals surface area contributed by atoms with Crippen molar-refractivity contribution in [3.05, 3.63) is 112 Å². The molecule has 0 bridgehead atoms. The van der Waals surface area contributed by atoms with E-state index in [-0.39, 0.29) is 17.9 Å². The number of benzene rings is 2. The number of H-pyrrole nitrogens is 1. The van der Waals surface area contributed by atoms with Gasteiger partial charge in [-0.25, -0.2) is 4.98 Å². The number of nitrogens with zero attached hydrogens (tertiary/aromatic N) is 2. The summed E-state index contributed by atoms with van der Waals surface area (Å²) in [6.07, 6.45) is 2.39. The van der Waals surface area contributed by atoms with Gasteiger partial charge in [-0.05, 0) is 35.2 Å². The number of carbonyl (C=O) groups is 1. The Hall–Kier alpha value is -4.06. The van der Waals surface area contributed by atoms with Crippen LogP contribution < -0.4 is 5.56 Å². The predicted molar refractivity (Wildman–Crippen MR) is 113 cm³/mol. The summed E-state index contributed by atoms with van der Waals surface area (Å²) >= 11 is 0. The Morgan fingerprint density at radius 3 is 2.23 bits per heavy atom.